The van der Waals surface area contributed by atoms with Crippen LogP contribution in [-0.2, 0) is 0 Å². The lowest BCUT2D eigenvalue weighted by molar-refractivity contribution is -0.868. The SMILES string of the molecule is CC1CCC(C2CCCCCCC2)([N@@+](C)(Cl)N=C(C(C)(C)C)C(C)(C)C)CC1. The first-order chi connectivity index (χ1) is 12.8. The van der Waals surface area contributed by atoms with Gasteiger partial charge in [-0.3, -0.25) is 0 Å². The third kappa shape index (κ3) is 5.54. The first-order valence-electron chi connectivity index (χ1n) is 12.0. The van der Waals surface area contributed by atoms with Crippen LogP contribution in [0.25, 0.3) is 0 Å². The Morgan fingerprint density at radius 3 is 1.68 bits per heavy atom. The molecule has 2 rings (SSSR count). The van der Waals surface area contributed by atoms with Gasteiger partial charge in [0.2, 0.25) is 0 Å². The molecule has 0 heterocycles. The van der Waals surface area contributed by atoms with Crippen LogP contribution >= 0.6 is 11.8 Å². The topological polar surface area (TPSA) is 12.4 Å². The lowest BCUT2D eigenvalue weighted by Crippen LogP contribution is -2.60. The molecule has 0 radical (unpaired) electrons. The van der Waals surface area contributed by atoms with E-state index in [-0.39, 0.29) is 16.4 Å². The highest BCUT2D eigenvalue weighted by molar-refractivity contribution is 6.07. The number of rotatable bonds is 3. The molecule has 2 fully saturated rings. The van der Waals surface area contributed by atoms with Gasteiger partial charge in [-0.05, 0) is 31.6 Å². The van der Waals surface area contributed by atoms with E-state index in [4.69, 9.17) is 16.9 Å². The summed E-state index contributed by atoms with van der Waals surface area (Å²) >= 11 is 7.50. The summed E-state index contributed by atoms with van der Waals surface area (Å²) in [6.45, 7) is 16.2. The Morgan fingerprint density at radius 2 is 1.25 bits per heavy atom. The largest absolute Gasteiger partial charge is 0.197 e. The predicted molar refractivity (Wildman–Crippen MR) is 125 cm³/mol. The Morgan fingerprint density at radius 1 is 0.821 bits per heavy atom. The minimum absolute atomic E-state index is 0.0245. The first kappa shape index (κ1) is 24.2. The second kappa shape index (κ2) is 8.96. The maximum Gasteiger partial charge on any atom is 0.197 e. The van der Waals surface area contributed by atoms with Crippen LogP contribution < -0.4 is 0 Å². The van der Waals surface area contributed by atoms with Crippen molar-refractivity contribution in [3.05, 3.63) is 0 Å². The van der Waals surface area contributed by atoms with Gasteiger partial charge in [0.15, 0.2) is 11.8 Å². The second-order valence-corrected chi connectivity index (χ2v) is 12.8. The third-order valence-electron chi connectivity index (χ3n) is 7.53. The molecule has 0 N–H and O–H groups in total. The van der Waals surface area contributed by atoms with Gasteiger partial charge in [0.25, 0.3) is 0 Å². The van der Waals surface area contributed by atoms with Crippen molar-refractivity contribution in [3.8, 4) is 0 Å². The van der Waals surface area contributed by atoms with Crippen LogP contribution in [0.1, 0.15) is 119 Å². The van der Waals surface area contributed by atoms with E-state index >= 15 is 0 Å². The van der Waals surface area contributed by atoms with Crippen LogP contribution in [0, 0.1) is 22.7 Å². The molecule has 0 aromatic carbocycles. The fraction of sp³-hybridized carbons (Fsp3) is 0.960. The molecule has 0 aromatic heterocycles. The van der Waals surface area contributed by atoms with Crippen molar-refractivity contribution in [2.75, 3.05) is 7.05 Å². The summed E-state index contributed by atoms with van der Waals surface area (Å²) < 4.78 is 0.314. The van der Waals surface area contributed by atoms with Crippen LogP contribution in [0.2, 0.25) is 0 Å². The molecule has 3 heteroatoms. The molecule has 0 bridgehead atoms. The monoisotopic (exact) mass is 411 g/mol. The van der Waals surface area contributed by atoms with Gasteiger partial charge in [-0.25, -0.2) is 0 Å². The molecule has 2 aliphatic carbocycles. The first-order valence-corrected chi connectivity index (χ1v) is 12.3. The lowest BCUT2D eigenvalue weighted by atomic mass is 9.66. The van der Waals surface area contributed by atoms with Crippen LogP contribution in [0.5, 0.6) is 0 Å². The molecular formula is C25H48ClN2+. The lowest BCUT2D eigenvalue weighted by Gasteiger charge is -2.50. The summed E-state index contributed by atoms with van der Waals surface area (Å²) in [4.78, 5) is 0. The van der Waals surface area contributed by atoms with Crippen molar-refractivity contribution < 1.29 is 4.11 Å². The minimum atomic E-state index is 0.0245. The van der Waals surface area contributed by atoms with Crippen LogP contribution in [-0.4, -0.2) is 22.4 Å². The molecule has 164 valence electrons. The third-order valence-corrected chi connectivity index (χ3v) is 7.94. The molecule has 0 amide bonds. The van der Waals surface area contributed by atoms with E-state index in [2.05, 4.69) is 55.5 Å². The summed E-state index contributed by atoms with van der Waals surface area (Å²) in [6, 6.07) is 0. The fourth-order valence-corrected chi connectivity index (χ4v) is 6.50. The van der Waals surface area contributed by atoms with E-state index in [0.717, 1.165) is 5.92 Å². The fourth-order valence-electron chi connectivity index (χ4n) is 6.12. The van der Waals surface area contributed by atoms with Gasteiger partial charge in [0.1, 0.15) is 12.6 Å². The van der Waals surface area contributed by atoms with Crippen LogP contribution in [0.3, 0.4) is 0 Å². The smallest absolute Gasteiger partial charge is 0.0977 e. The van der Waals surface area contributed by atoms with E-state index in [1.54, 1.807) is 0 Å². The molecule has 28 heavy (non-hydrogen) atoms. The van der Waals surface area contributed by atoms with E-state index < -0.39 is 0 Å². The summed E-state index contributed by atoms with van der Waals surface area (Å²) in [5.41, 5.74) is 1.39. The van der Waals surface area contributed by atoms with Gasteiger partial charge in [0.05, 0.1) is 5.71 Å². The number of hydrogen-bond acceptors (Lipinski definition) is 1. The van der Waals surface area contributed by atoms with Gasteiger partial charge in [-0.2, -0.15) is 0 Å². The van der Waals surface area contributed by atoms with Crippen molar-refractivity contribution in [1.82, 2.24) is 0 Å². The standard InChI is InChI=1S/C25H48ClN2/c1-20-16-18-25(19-17-20,21-14-12-10-9-11-13-15-21)28(8,26)27-22(23(2,3)4)24(5,6)7/h20-21H,9-19H2,1-8H3/q+1/t20?,25?,28-/m0/s1. The molecule has 0 saturated heterocycles. The van der Waals surface area contributed by atoms with Crippen molar-refractivity contribution >= 4 is 17.5 Å². The van der Waals surface area contributed by atoms with Crippen molar-refractivity contribution in [2.24, 2.45) is 27.8 Å². The molecule has 2 aliphatic rings. The molecule has 2 nitrogen and oxygen atoms in total. The number of halogens is 1. The Kier molecular flexibility index (Phi) is 7.74. The Balaban J connectivity index is 2.49. The van der Waals surface area contributed by atoms with Crippen LogP contribution in [0.15, 0.2) is 5.10 Å². The van der Waals surface area contributed by atoms with Crippen molar-refractivity contribution in [2.45, 2.75) is 125 Å². The number of nitrogens with zero attached hydrogens (tertiary/aromatic N) is 2. The zero-order valence-corrected chi connectivity index (χ0v) is 21.0. The van der Waals surface area contributed by atoms with Gasteiger partial charge < -0.3 is 0 Å². The maximum absolute atomic E-state index is 7.50. The van der Waals surface area contributed by atoms with E-state index in [9.17, 15) is 0 Å². The Labute approximate surface area is 181 Å². The summed E-state index contributed by atoms with van der Waals surface area (Å²) in [5.74, 6) is 1.53. The molecular weight excluding hydrogens is 364 g/mol. The average Bonchev–Trinajstić information content (AvgIpc) is 2.51. The molecule has 0 unspecified atom stereocenters. The molecule has 0 aromatic rings. The average molecular weight is 412 g/mol. The highest BCUT2D eigenvalue weighted by Crippen LogP contribution is 2.51. The van der Waals surface area contributed by atoms with Gasteiger partial charge in [0, 0.05) is 29.6 Å². The Hall–Kier alpha value is -0.0800. The molecule has 2 saturated carbocycles. The molecule has 1 atom stereocenters. The summed E-state index contributed by atoms with van der Waals surface area (Å²) in [7, 11) is 2.20. The minimum Gasteiger partial charge on any atom is -0.0977 e. The zero-order valence-electron chi connectivity index (χ0n) is 20.2. The quantitative estimate of drug-likeness (QED) is 0.251. The van der Waals surface area contributed by atoms with E-state index in [1.165, 1.54) is 76.3 Å². The van der Waals surface area contributed by atoms with Crippen molar-refractivity contribution in [1.29, 1.82) is 0 Å². The highest BCUT2D eigenvalue weighted by atomic mass is 35.5. The van der Waals surface area contributed by atoms with Gasteiger partial charge in [-0.15, -0.1) is 0 Å². The summed E-state index contributed by atoms with van der Waals surface area (Å²) in [6.07, 6.45) is 14.7. The van der Waals surface area contributed by atoms with Crippen molar-refractivity contribution in [3.63, 3.8) is 0 Å². The van der Waals surface area contributed by atoms with E-state index in [1.807, 2.05) is 0 Å². The number of hydrogen-bond donors (Lipinski definition) is 0. The Bertz CT molecular complexity index is 504. The predicted octanol–water partition coefficient (Wildman–Crippen LogP) is 8.34. The molecule has 0 aliphatic heterocycles. The van der Waals surface area contributed by atoms with Gasteiger partial charge >= 0.3 is 0 Å². The van der Waals surface area contributed by atoms with Crippen LogP contribution in [0.4, 0.5) is 0 Å². The number of quaternary nitrogens is 1. The highest BCUT2D eigenvalue weighted by Gasteiger charge is 2.56. The zero-order chi connectivity index (χ0) is 21.2. The van der Waals surface area contributed by atoms with Gasteiger partial charge in [-0.1, -0.05) is 89.8 Å². The normalized spacial score (nSPS) is 30.8. The second-order valence-electron chi connectivity index (χ2n) is 12.1. The van der Waals surface area contributed by atoms with E-state index in [0.29, 0.717) is 10.0 Å². The summed E-state index contributed by atoms with van der Waals surface area (Å²) in [5, 5.41) is 5.42. The molecule has 0 spiro atoms. The maximum atomic E-state index is 7.50.